The van der Waals surface area contributed by atoms with E-state index < -0.39 is 23.8 Å². The third kappa shape index (κ3) is 6.31. The first-order valence-electron chi connectivity index (χ1n) is 11.9. The van der Waals surface area contributed by atoms with Gasteiger partial charge in [-0.3, -0.25) is 4.79 Å². The lowest BCUT2D eigenvalue weighted by molar-refractivity contribution is -0.120. The van der Waals surface area contributed by atoms with Crippen LogP contribution in [-0.4, -0.2) is 56.0 Å². The molecule has 1 aliphatic carbocycles. The van der Waals surface area contributed by atoms with E-state index >= 15 is 0 Å². The lowest BCUT2D eigenvalue weighted by Gasteiger charge is -2.28. The summed E-state index contributed by atoms with van der Waals surface area (Å²) in [6.45, 7) is 4.94. The van der Waals surface area contributed by atoms with Crippen molar-refractivity contribution in [2.45, 2.75) is 50.3 Å². The Bertz CT molecular complexity index is 971. The molecule has 2 aromatic carbocycles. The zero-order chi connectivity index (χ0) is 24.1. The van der Waals surface area contributed by atoms with E-state index in [4.69, 9.17) is 4.74 Å². The van der Waals surface area contributed by atoms with Crippen LogP contribution in [0.1, 0.15) is 37.3 Å². The van der Waals surface area contributed by atoms with Gasteiger partial charge in [-0.1, -0.05) is 12.1 Å². The Morgan fingerprint density at radius 2 is 1.91 bits per heavy atom. The average Bonchev–Trinajstić information content (AvgIpc) is 3.61. The van der Waals surface area contributed by atoms with Gasteiger partial charge >= 0.3 is 0 Å². The summed E-state index contributed by atoms with van der Waals surface area (Å²) in [5.74, 6) is -1.68. The van der Waals surface area contributed by atoms with Crippen molar-refractivity contribution in [1.29, 1.82) is 0 Å². The SMILES string of the molecule is CC(=O)NC(Cc1cc(F)cc(F)c1)C(O)CNC1(c2cccc(N3CCCOCC3)c2)CC1. The van der Waals surface area contributed by atoms with Crippen LogP contribution in [0.2, 0.25) is 0 Å². The lowest BCUT2D eigenvalue weighted by atomic mass is 9.99. The van der Waals surface area contributed by atoms with Gasteiger partial charge in [0.15, 0.2) is 0 Å². The molecular weight excluding hydrogens is 440 g/mol. The van der Waals surface area contributed by atoms with E-state index in [1.54, 1.807) is 0 Å². The molecule has 1 aliphatic heterocycles. The number of amides is 1. The summed E-state index contributed by atoms with van der Waals surface area (Å²) in [7, 11) is 0. The van der Waals surface area contributed by atoms with Gasteiger partial charge in [0.1, 0.15) is 11.6 Å². The molecule has 0 spiro atoms. The highest BCUT2D eigenvalue weighted by Crippen LogP contribution is 2.46. The molecule has 1 amide bonds. The molecule has 8 heteroatoms. The number of nitrogens with one attached hydrogen (secondary N) is 2. The zero-order valence-corrected chi connectivity index (χ0v) is 19.5. The average molecular weight is 474 g/mol. The highest BCUT2D eigenvalue weighted by molar-refractivity contribution is 5.73. The first-order chi connectivity index (χ1) is 16.3. The van der Waals surface area contributed by atoms with E-state index in [0.29, 0.717) is 5.56 Å². The van der Waals surface area contributed by atoms with Crippen LogP contribution in [0.15, 0.2) is 42.5 Å². The molecule has 3 N–H and O–H groups in total. The number of carbonyl (C=O) groups excluding carboxylic acids is 1. The van der Waals surface area contributed by atoms with Gasteiger partial charge in [-0.25, -0.2) is 8.78 Å². The maximum absolute atomic E-state index is 13.6. The second kappa shape index (κ2) is 10.8. The molecule has 0 aromatic heterocycles. The number of hydrogen-bond donors (Lipinski definition) is 3. The predicted molar refractivity (Wildman–Crippen MR) is 127 cm³/mol. The second-order valence-electron chi connectivity index (χ2n) is 9.32. The van der Waals surface area contributed by atoms with Crippen molar-refractivity contribution in [2.75, 3.05) is 37.7 Å². The number of rotatable bonds is 9. The van der Waals surface area contributed by atoms with E-state index in [-0.39, 0.29) is 24.4 Å². The molecule has 34 heavy (non-hydrogen) atoms. The van der Waals surface area contributed by atoms with Crippen LogP contribution in [0.3, 0.4) is 0 Å². The van der Waals surface area contributed by atoms with Gasteiger partial charge in [0.05, 0.1) is 18.8 Å². The Hall–Kier alpha value is -2.55. The van der Waals surface area contributed by atoms with Crippen molar-refractivity contribution in [3.63, 3.8) is 0 Å². The van der Waals surface area contributed by atoms with Gasteiger partial charge in [-0.2, -0.15) is 0 Å². The highest BCUT2D eigenvalue weighted by atomic mass is 19.1. The van der Waals surface area contributed by atoms with Gasteiger partial charge in [-0.05, 0) is 61.1 Å². The van der Waals surface area contributed by atoms with Crippen molar-refractivity contribution in [1.82, 2.24) is 10.6 Å². The first kappa shape index (κ1) is 24.6. The number of anilines is 1. The van der Waals surface area contributed by atoms with Gasteiger partial charge in [-0.15, -0.1) is 0 Å². The molecular formula is C26H33F2N3O3. The number of ether oxygens (including phenoxy) is 1. The molecule has 0 bridgehead atoms. The standard InChI is InChI=1S/C26H33F2N3O3/c1-18(32)30-24(14-19-12-21(27)16-22(28)13-19)25(33)17-29-26(6-7-26)20-4-2-5-23(15-20)31-8-3-10-34-11-9-31/h2,4-5,12-13,15-16,24-25,29,33H,3,6-11,14,17H2,1H3,(H,30,32). The van der Waals surface area contributed by atoms with Crippen molar-refractivity contribution in [3.8, 4) is 0 Å². The quantitative estimate of drug-likeness (QED) is 0.522. The summed E-state index contributed by atoms with van der Waals surface area (Å²) >= 11 is 0. The number of carbonyl (C=O) groups is 1. The third-order valence-electron chi connectivity index (χ3n) is 6.62. The van der Waals surface area contributed by atoms with Crippen LogP contribution < -0.4 is 15.5 Å². The molecule has 2 aliphatic rings. The third-order valence-corrected chi connectivity index (χ3v) is 6.62. The Morgan fingerprint density at radius 1 is 1.15 bits per heavy atom. The normalized spacial score (nSPS) is 19.2. The molecule has 1 saturated carbocycles. The second-order valence-corrected chi connectivity index (χ2v) is 9.32. The Labute approximate surface area is 199 Å². The minimum atomic E-state index is -0.932. The van der Waals surface area contributed by atoms with Gasteiger partial charge in [0.2, 0.25) is 5.91 Å². The molecule has 1 heterocycles. The number of hydrogen-bond acceptors (Lipinski definition) is 5. The van der Waals surface area contributed by atoms with E-state index in [2.05, 4.69) is 39.8 Å². The molecule has 4 rings (SSSR count). The molecule has 184 valence electrons. The van der Waals surface area contributed by atoms with Crippen molar-refractivity contribution >= 4 is 11.6 Å². The molecule has 0 radical (unpaired) electrons. The van der Waals surface area contributed by atoms with E-state index in [1.807, 2.05) is 0 Å². The van der Waals surface area contributed by atoms with Gasteiger partial charge in [0, 0.05) is 50.5 Å². The Morgan fingerprint density at radius 3 is 2.62 bits per heavy atom. The van der Waals surface area contributed by atoms with Crippen LogP contribution in [-0.2, 0) is 21.5 Å². The topological polar surface area (TPSA) is 73.8 Å². The Kier molecular flexibility index (Phi) is 7.80. The first-order valence-corrected chi connectivity index (χ1v) is 11.9. The monoisotopic (exact) mass is 473 g/mol. The minimum absolute atomic E-state index is 0.122. The molecule has 2 aromatic rings. The van der Waals surface area contributed by atoms with Crippen LogP contribution in [0.25, 0.3) is 0 Å². The maximum Gasteiger partial charge on any atom is 0.217 e. The van der Waals surface area contributed by atoms with Crippen molar-refractivity contribution < 1.29 is 23.4 Å². The molecule has 2 atom stereocenters. The summed E-state index contributed by atoms with van der Waals surface area (Å²) in [6, 6.07) is 11.1. The summed E-state index contributed by atoms with van der Waals surface area (Å²) < 4.78 is 32.8. The van der Waals surface area contributed by atoms with Crippen LogP contribution in [0.4, 0.5) is 14.5 Å². The number of aliphatic hydroxyl groups excluding tert-OH is 1. The maximum atomic E-state index is 13.6. The molecule has 6 nitrogen and oxygen atoms in total. The van der Waals surface area contributed by atoms with E-state index in [1.165, 1.54) is 30.3 Å². The van der Waals surface area contributed by atoms with Gasteiger partial charge < -0.3 is 25.4 Å². The predicted octanol–water partition coefficient (Wildman–Crippen LogP) is 2.88. The van der Waals surface area contributed by atoms with E-state index in [0.717, 1.165) is 51.6 Å². The number of benzene rings is 2. The summed E-state index contributed by atoms with van der Waals surface area (Å²) in [5.41, 5.74) is 2.50. The smallest absolute Gasteiger partial charge is 0.217 e. The van der Waals surface area contributed by atoms with Crippen LogP contribution >= 0.6 is 0 Å². The molecule has 1 saturated heterocycles. The van der Waals surface area contributed by atoms with Crippen molar-refractivity contribution in [3.05, 3.63) is 65.2 Å². The number of aliphatic hydroxyl groups is 1. The molecule has 2 unspecified atom stereocenters. The molecule has 2 fully saturated rings. The fraction of sp³-hybridized carbons (Fsp3) is 0.500. The van der Waals surface area contributed by atoms with Crippen LogP contribution in [0.5, 0.6) is 0 Å². The van der Waals surface area contributed by atoms with E-state index in [9.17, 15) is 18.7 Å². The summed E-state index contributed by atoms with van der Waals surface area (Å²) in [6.07, 6.45) is 2.09. The van der Waals surface area contributed by atoms with Gasteiger partial charge in [0.25, 0.3) is 0 Å². The number of nitrogens with zero attached hydrogens (tertiary/aromatic N) is 1. The zero-order valence-electron chi connectivity index (χ0n) is 19.5. The van der Waals surface area contributed by atoms with Crippen molar-refractivity contribution in [2.24, 2.45) is 0 Å². The fourth-order valence-electron chi connectivity index (χ4n) is 4.67. The lowest BCUT2D eigenvalue weighted by Crippen LogP contribution is -2.49. The largest absolute Gasteiger partial charge is 0.390 e. The number of halogens is 2. The summed E-state index contributed by atoms with van der Waals surface area (Å²) in [4.78, 5) is 14.1. The minimum Gasteiger partial charge on any atom is -0.390 e. The Balaban J connectivity index is 1.42. The fourth-order valence-corrected chi connectivity index (χ4v) is 4.67. The highest BCUT2D eigenvalue weighted by Gasteiger charge is 2.44. The summed E-state index contributed by atoms with van der Waals surface area (Å²) in [5, 5.41) is 17.1. The van der Waals surface area contributed by atoms with Crippen LogP contribution in [0, 0.1) is 11.6 Å².